The molecule has 0 fully saturated rings. The smallest absolute Gasteiger partial charge is 0.266 e. The van der Waals surface area contributed by atoms with Crippen molar-refractivity contribution >= 4 is 0 Å². The minimum atomic E-state index is 1.03. The van der Waals surface area contributed by atoms with Gasteiger partial charge in [-0.1, -0.05) is 26.0 Å². The van der Waals surface area contributed by atoms with Crippen molar-refractivity contribution in [3.8, 4) is 11.5 Å². The number of aryl methyl sites for hydroxylation is 4. The predicted molar refractivity (Wildman–Crippen MR) is 84.3 cm³/mol. The molecule has 0 spiro atoms. The lowest BCUT2D eigenvalue weighted by atomic mass is 10.1. The van der Waals surface area contributed by atoms with E-state index in [1.807, 2.05) is 26.0 Å². The van der Waals surface area contributed by atoms with Crippen LogP contribution in [0.15, 0.2) is 36.4 Å². The Labute approximate surface area is 117 Å². The van der Waals surface area contributed by atoms with Crippen LogP contribution in [0.3, 0.4) is 0 Å². The third kappa shape index (κ3) is 4.13. The van der Waals surface area contributed by atoms with E-state index in [1.165, 1.54) is 22.3 Å². The summed E-state index contributed by atoms with van der Waals surface area (Å²) in [6, 6.07) is 12.7. The molecule has 1 N–H and O–H groups in total. The average Bonchev–Trinajstić information content (AvgIpc) is 2.36. The minimum absolute atomic E-state index is 1.03. The number of ether oxygens (including phenoxy) is 1. The Bertz CT molecular complexity index is 518. The van der Waals surface area contributed by atoms with Crippen molar-refractivity contribution in [3.05, 3.63) is 58.7 Å². The highest BCUT2D eigenvalue weighted by Gasteiger charge is 2.11. The summed E-state index contributed by atoms with van der Waals surface area (Å²) in [5, 5.41) is 0. The van der Waals surface area contributed by atoms with Crippen LogP contribution in [0.25, 0.3) is 0 Å². The number of rotatable bonds is 2. The lowest BCUT2D eigenvalue weighted by Gasteiger charge is -2.09. The molecule has 0 bridgehead atoms. The Hall–Kier alpha value is -1.76. The molecule has 1 heteroatoms. The summed E-state index contributed by atoms with van der Waals surface area (Å²) in [7, 11) is 0. The Morgan fingerprint density at radius 2 is 1.32 bits per heavy atom. The first kappa shape index (κ1) is 15.3. The molecule has 0 saturated carbocycles. The van der Waals surface area contributed by atoms with Gasteiger partial charge in [-0.15, -0.1) is 0 Å². The normalized spacial score (nSPS) is 9.58. The second kappa shape index (κ2) is 6.98. The number of hydrogen-bond donors (Lipinski definition) is 0. The quantitative estimate of drug-likeness (QED) is 0.621. The third-order valence-corrected chi connectivity index (χ3v) is 2.88. The predicted octanol–water partition coefficient (Wildman–Crippen LogP) is 5.60. The summed E-state index contributed by atoms with van der Waals surface area (Å²) in [5.41, 5.74) is 5.02. The van der Waals surface area contributed by atoms with Gasteiger partial charge in [0.25, 0.3) is 11.5 Å². The molecule has 0 atom stereocenters. The third-order valence-electron chi connectivity index (χ3n) is 2.88. The lowest BCUT2D eigenvalue weighted by molar-refractivity contribution is 0.194. The van der Waals surface area contributed by atoms with E-state index in [4.69, 9.17) is 4.74 Å². The largest absolute Gasteiger partial charge is 0.546 e. The van der Waals surface area contributed by atoms with Crippen LogP contribution in [0.1, 0.15) is 36.1 Å². The van der Waals surface area contributed by atoms with Gasteiger partial charge in [-0.3, -0.25) is 0 Å². The van der Waals surface area contributed by atoms with Crippen molar-refractivity contribution in [2.75, 3.05) is 0 Å². The van der Waals surface area contributed by atoms with Gasteiger partial charge in [0.15, 0.2) is 0 Å². The average molecular weight is 257 g/mol. The minimum Gasteiger partial charge on any atom is -0.546 e. The highest BCUT2D eigenvalue weighted by Crippen LogP contribution is 2.31. The van der Waals surface area contributed by atoms with Crippen LogP contribution in [-0.4, -0.2) is 4.74 Å². The van der Waals surface area contributed by atoms with Gasteiger partial charge in [-0.2, -0.15) is 0 Å². The van der Waals surface area contributed by atoms with Gasteiger partial charge in [0.05, 0.1) is 0 Å². The van der Waals surface area contributed by atoms with Crippen LogP contribution in [0.2, 0.25) is 0 Å². The first-order valence-electron chi connectivity index (χ1n) is 6.92. The zero-order valence-corrected chi connectivity index (χ0v) is 12.9. The second-order valence-corrected chi connectivity index (χ2v) is 4.70. The molecule has 1 nitrogen and oxygen atoms in total. The molecule has 2 aromatic rings. The monoisotopic (exact) mass is 257 g/mol. The van der Waals surface area contributed by atoms with Crippen LogP contribution in [-0.2, 0) is 0 Å². The Balaban J connectivity index is 0.000000861. The Morgan fingerprint density at radius 3 is 1.84 bits per heavy atom. The summed E-state index contributed by atoms with van der Waals surface area (Å²) in [6.45, 7) is 12.5. The highest BCUT2D eigenvalue weighted by molar-refractivity contribution is 5.44. The molecule has 0 aliphatic rings. The summed E-state index contributed by atoms with van der Waals surface area (Å²) >= 11 is 0. The zero-order valence-electron chi connectivity index (χ0n) is 12.9. The van der Waals surface area contributed by atoms with E-state index in [0.717, 1.165) is 11.5 Å². The van der Waals surface area contributed by atoms with Crippen LogP contribution in [0.5, 0.6) is 11.5 Å². The number of hydrogen-bond acceptors (Lipinski definition) is 0. The summed E-state index contributed by atoms with van der Waals surface area (Å²) in [5.74, 6) is 2.13. The molecular weight excluding hydrogens is 232 g/mol. The Kier molecular flexibility index (Phi) is 5.62. The zero-order chi connectivity index (χ0) is 14.4. The fourth-order valence-corrected chi connectivity index (χ4v) is 2.18. The maximum atomic E-state index is 4.74. The van der Waals surface area contributed by atoms with E-state index in [-0.39, 0.29) is 0 Å². The van der Waals surface area contributed by atoms with Gasteiger partial charge in [0.2, 0.25) is 0 Å². The molecule has 2 aromatic carbocycles. The SMILES string of the molecule is CC.Cc1cccc([OH+]c2c(C)cc(C)cc2C)c1. The van der Waals surface area contributed by atoms with Crippen molar-refractivity contribution in [2.24, 2.45) is 0 Å². The molecule has 0 heterocycles. The molecule has 0 saturated heterocycles. The van der Waals surface area contributed by atoms with Gasteiger partial charge in [-0.05, 0) is 51.0 Å². The fourth-order valence-electron chi connectivity index (χ4n) is 2.18. The first-order chi connectivity index (χ1) is 9.06. The molecular formula is C18H25O+. The van der Waals surface area contributed by atoms with E-state index >= 15 is 0 Å². The molecule has 2 rings (SSSR count). The van der Waals surface area contributed by atoms with Crippen molar-refractivity contribution in [1.29, 1.82) is 0 Å². The van der Waals surface area contributed by atoms with E-state index in [0.29, 0.717) is 0 Å². The van der Waals surface area contributed by atoms with Crippen LogP contribution >= 0.6 is 0 Å². The first-order valence-corrected chi connectivity index (χ1v) is 6.92. The van der Waals surface area contributed by atoms with Crippen LogP contribution in [0.4, 0.5) is 0 Å². The van der Waals surface area contributed by atoms with E-state index < -0.39 is 0 Å². The van der Waals surface area contributed by atoms with Crippen molar-refractivity contribution in [3.63, 3.8) is 0 Å². The maximum absolute atomic E-state index is 4.74. The van der Waals surface area contributed by atoms with Crippen molar-refractivity contribution in [1.82, 2.24) is 0 Å². The lowest BCUT2D eigenvalue weighted by Crippen LogP contribution is -1.89. The molecule has 0 aliphatic heterocycles. The van der Waals surface area contributed by atoms with Crippen molar-refractivity contribution in [2.45, 2.75) is 41.5 Å². The molecule has 19 heavy (non-hydrogen) atoms. The maximum Gasteiger partial charge on any atom is 0.266 e. The van der Waals surface area contributed by atoms with E-state index in [2.05, 4.69) is 52.0 Å². The van der Waals surface area contributed by atoms with Gasteiger partial charge in [0, 0.05) is 23.3 Å². The summed E-state index contributed by atoms with van der Waals surface area (Å²) in [4.78, 5) is 0. The number of aromatic hydroxyl groups is 2. The molecule has 0 radical (unpaired) electrons. The van der Waals surface area contributed by atoms with Crippen molar-refractivity contribution < 1.29 is 4.74 Å². The topological polar surface area (TPSA) is 12.8 Å². The van der Waals surface area contributed by atoms with Gasteiger partial charge < -0.3 is 4.74 Å². The van der Waals surface area contributed by atoms with E-state index in [1.54, 1.807) is 0 Å². The molecule has 0 unspecified atom stereocenters. The van der Waals surface area contributed by atoms with Gasteiger partial charge >= 0.3 is 0 Å². The van der Waals surface area contributed by atoms with E-state index in [9.17, 15) is 0 Å². The van der Waals surface area contributed by atoms with Crippen LogP contribution in [0, 0.1) is 27.7 Å². The van der Waals surface area contributed by atoms with Gasteiger partial charge in [-0.25, -0.2) is 0 Å². The standard InChI is InChI=1S/C16H18O.C2H6/c1-11-6-5-7-15(10-11)17-16-13(3)8-12(2)9-14(16)4;1-2/h5-10H,1-4H3;1-2H3/p+1. The fraction of sp³-hybridized carbons (Fsp3) is 0.333. The molecule has 0 amide bonds. The molecule has 0 aromatic heterocycles. The second-order valence-electron chi connectivity index (χ2n) is 4.70. The van der Waals surface area contributed by atoms with Crippen LogP contribution < -0.4 is 0 Å². The molecule has 102 valence electrons. The Morgan fingerprint density at radius 1 is 0.737 bits per heavy atom. The molecule has 0 aliphatic carbocycles. The highest BCUT2D eigenvalue weighted by atomic mass is 16.5. The van der Waals surface area contributed by atoms with Gasteiger partial charge in [0.1, 0.15) is 0 Å². The summed E-state index contributed by atoms with van der Waals surface area (Å²) in [6.07, 6.45) is 0. The number of benzene rings is 2. The summed E-state index contributed by atoms with van der Waals surface area (Å²) < 4.78 is 4.74.